The number of allylic oxidation sites excluding steroid dienone is 2. The van der Waals surface area contributed by atoms with Gasteiger partial charge < -0.3 is 5.32 Å². The first-order valence-corrected chi connectivity index (χ1v) is 11.6. The minimum absolute atomic E-state index is 0.0682. The molecule has 1 N–H and O–H groups in total. The summed E-state index contributed by atoms with van der Waals surface area (Å²) in [4.78, 5) is 52.6. The van der Waals surface area contributed by atoms with E-state index in [4.69, 9.17) is 0 Å². The molecule has 1 aliphatic heterocycles. The van der Waals surface area contributed by atoms with Crippen molar-refractivity contribution in [1.29, 1.82) is 0 Å². The highest BCUT2D eigenvalue weighted by atomic mass is 16.6. The number of nitrogens with one attached hydrogen (secondary N) is 1. The molecule has 1 heterocycles. The van der Waals surface area contributed by atoms with E-state index in [1.54, 1.807) is 6.07 Å². The second-order valence-corrected chi connectivity index (χ2v) is 9.70. The number of likely N-dealkylation sites (tertiary alicyclic amines) is 1. The van der Waals surface area contributed by atoms with Gasteiger partial charge in [-0.15, -0.1) is 0 Å². The minimum atomic E-state index is -1.04. The Kier molecular flexibility index (Phi) is 4.65. The van der Waals surface area contributed by atoms with Crippen LogP contribution >= 0.6 is 0 Å². The van der Waals surface area contributed by atoms with Gasteiger partial charge in [0, 0.05) is 24.2 Å². The highest BCUT2D eigenvalue weighted by molar-refractivity contribution is 6.10. The Labute approximate surface area is 195 Å². The molecule has 8 nitrogen and oxygen atoms in total. The number of nitro benzene ring substituents is 1. The fourth-order valence-electron chi connectivity index (χ4n) is 6.35. The van der Waals surface area contributed by atoms with Gasteiger partial charge in [-0.05, 0) is 41.7 Å². The van der Waals surface area contributed by atoms with Crippen molar-refractivity contribution < 1.29 is 19.3 Å². The summed E-state index contributed by atoms with van der Waals surface area (Å²) >= 11 is 0. The number of amides is 3. The number of hydrogen-bond donors (Lipinski definition) is 1. The van der Waals surface area contributed by atoms with Crippen LogP contribution in [0.2, 0.25) is 0 Å². The monoisotopic (exact) mass is 457 g/mol. The molecule has 34 heavy (non-hydrogen) atoms. The molecule has 172 valence electrons. The molecule has 2 aromatic carbocycles. The zero-order valence-electron chi connectivity index (χ0n) is 18.2. The van der Waals surface area contributed by atoms with E-state index >= 15 is 0 Å². The molecule has 5 aliphatic rings. The first-order chi connectivity index (χ1) is 16.4. The van der Waals surface area contributed by atoms with E-state index < -0.39 is 28.7 Å². The van der Waals surface area contributed by atoms with E-state index in [9.17, 15) is 24.5 Å². The summed E-state index contributed by atoms with van der Waals surface area (Å²) in [7, 11) is 0. The third-order valence-electron chi connectivity index (χ3n) is 7.91. The summed E-state index contributed by atoms with van der Waals surface area (Å²) in [6.45, 7) is 0. The van der Waals surface area contributed by atoms with E-state index in [2.05, 4.69) is 17.5 Å². The molecule has 1 saturated heterocycles. The first kappa shape index (κ1) is 20.8. The van der Waals surface area contributed by atoms with Gasteiger partial charge in [0.1, 0.15) is 6.04 Å². The highest BCUT2D eigenvalue weighted by Gasteiger charge is 2.67. The zero-order valence-corrected chi connectivity index (χ0v) is 18.2. The molecule has 7 atom stereocenters. The van der Waals surface area contributed by atoms with Crippen molar-refractivity contribution in [2.45, 2.75) is 18.9 Å². The van der Waals surface area contributed by atoms with E-state index in [1.807, 2.05) is 30.3 Å². The van der Waals surface area contributed by atoms with Crippen LogP contribution in [0.15, 0.2) is 66.7 Å². The van der Waals surface area contributed by atoms with Crippen LogP contribution in [-0.2, 0) is 20.8 Å². The normalized spacial score (nSPS) is 31.1. The molecule has 0 radical (unpaired) electrons. The number of imide groups is 1. The minimum Gasteiger partial charge on any atom is -0.324 e. The van der Waals surface area contributed by atoms with E-state index in [1.165, 1.54) is 23.1 Å². The van der Waals surface area contributed by atoms with Crippen molar-refractivity contribution in [3.8, 4) is 0 Å². The van der Waals surface area contributed by atoms with Crippen molar-refractivity contribution in [2.24, 2.45) is 35.5 Å². The van der Waals surface area contributed by atoms with Gasteiger partial charge in [0.05, 0.1) is 16.8 Å². The van der Waals surface area contributed by atoms with Crippen LogP contribution in [0.4, 0.5) is 11.4 Å². The Hall–Kier alpha value is -3.81. The molecule has 3 fully saturated rings. The largest absolute Gasteiger partial charge is 0.324 e. The lowest BCUT2D eigenvalue weighted by Gasteiger charge is -2.37. The molecule has 8 heteroatoms. The number of non-ortho nitro benzene ring substituents is 1. The van der Waals surface area contributed by atoms with E-state index in [0.29, 0.717) is 11.8 Å². The quantitative estimate of drug-likeness (QED) is 0.310. The van der Waals surface area contributed by atoms with Gasteiger partial charge in [0.25, 0.3) is 5.69 Å². The van der Waals surface area contributed by atoms with Crippen LogP contribution in [0.3, 0.4) is 0 Å². The summed E-state index contributed by atoms with van der Waals surface area (Å²) in [6, 6.07) is 13.8. The standard InChI is InChI=1S/C26H23N3O5/c30-24(27-15-7-4-8-16(12-15)29(33)34)21(11-14-5-2-1-3-6-14)28-25(31)22-17-9-10-18(20-13-19(17)20)23(22)26(28)32/h1-10,12,17-23H,11,13H2,(H,27,30)/t17-,18-,19-,20-,21-,22+,23+/m0/s1. The van der Waals surface area contributed by atoms with Crippen LogP contribution in [0, 0.1) is 45.6 Å². The highest BCUT2D eigenvalue weighted by Crippen LogP contribution is 2.65. The lowest BCUT2D eigenvalue weighted by atomic mass is 9.63. The van der Waals surface area contributed by atoms with Gasteiger partial charge in [0.2, 0.25) is 17.7 Å². The van der Waals surface area contributed by atoms with Crippen LogP contribution in [0.25, 0.3) is 0 Å². The zero-order chi connectivity index (χ0) is 23.6. The third kappa shape index (κ3) is 3.16. The number of nitrogens with zero attached hydrogens (tertiary/aromatic N) is 2. The number of nitro groups is 1. The predicted octanol–water partition coefficient (Wildman–Crippen LogP) is 3.20. The number of carbonyl (C=O) groups is 3. The fraction of sp³-hybridized carbons (Fsp3) is 0.346. The maximum atomic E-state index is 13.6. The SMILES string of the molecule is O=C(Nc1cccc([N+](=O)[O-])c1)[C@H](Cc1ccccc1)N1C(=O)[C@@H]2[C@H]3C=C[C@@H]([C@@H]4C[C@@H]34)[C@H]2C1=O. The number of anilines is 1. The van der Waals surface area contributed by atoms with Crippen LogP contribution in [0.1, 0.15) is 12.0 Å². The second kappa shape index (κ2) is 7.62. The molecule has 7 rings (SSSR count). The lowest BCUT2D eigenvalue weighted by molar-refractivity contribution is -0.384. The van der Waals surface area contributed by atoms with Crippen LogP contribution in [0.5, 0.6) is 0 Å². The average Bonchev–Trinajstić information content (AvgIpc) is 3.62. The Balaban J connectivity index is 1.32. The van der Waals surface area contributed by atoms with Gasteiger partial charge in [-0.2, -0.15) is 0 Å². The Bertz CT molecular complexity index is 1210. The predicted molar refractivity (Wildman–Crippen MR) is 122 cm³/mol. The van der Waals surface area contributed by atoms with Crippen molar-refractivity contribution in [1.82, 2.24) is 4.90 Å². The maximum Gasteiger partial charge on any atom is 0.271 e. The molecule has 0 spiro atoms. The molecule has 4 aliphatic carbocycles. The van der Waals surface area contributed by atoms with Gasteiger partial charge in [-0.3, -0.25) is 29.4 Å². The number of benzene rings is 2. The summed E-state index contributed by atoms with van der Waals surface area (Å²) < 4.78 is 0. The smallest absolute Gasteiger partial charge is 0.271 e. The molecule has 0 unspecified atom stereocenters. The van der Waals surface area contributed by atoms with Crippen LogP contribution in [-0.4, -0.2) is 33.6 Å². The van der Waals surface area contributed by atoms with Gasteiger partial charge in [0.15, 0.2) is 0 Å². The van der Waals surface area contributed by atoms with Gasteiger partial charge in [-0.25, -0.2) is 0 Å². The maximum absolute atomic E-state index is 13.6. The van der Waals surface area contributed by atoms with Crippen LogP contribution < -0.4 is 5.32 Å². The van der Waals surface area contributed by atoms with Crippen molar-refractivity contribution >= 4 is 29.1 Å². The van der Waals surface area contributed by atoms with Crippen molar-refractivity contribution in [3.63, 3.8) is 0 Å². The molecule has 2 saturated carbocycles. The first-order valence-electron chi connectivity index (χ1n) is 11.6. The van der Waals surface area contributed by atoms with Crippen molar-refractivity contribution in [3.05, 3.63) is 82.4 Å². The summed E-state index contributed by atoms with van der Waals surface area (Å²) in [5.41, 5.74) is 0.913. The topological polar surface area (TPSA) is 110 Å². The van der Waals surface area contributed by atoms with Gasteiger partial charge >= 0.3 is 0 Å². The Morgan fingerprint density at radius 3 is 2.26 bits per heavy atom. The molecule has 0 aromatic heterocycles. The summed E-state index contributed by atoms with van der Waals surface area (Å²) in [5.74, 6) is -0.777. The number of hydrogen-bond acceptors (Lipinski definition) is 5. The molecule has 3 amide bonds. The number of carbonyl (C=O) groups excluding carboxylic acids is 3. The second-order valence-electron chi connectivity index (χ2n) is 9.70. The summed E-state index contributed by atoms with van der Waals surface area (Å²) in [6.07, 6.45) is 5.44. The lowest BCUT2D eigenvalue weighted by Crippen LogP contribution is -2.49. The Morgan fingerprint density at radius 1 is 1.00 bits per heavy atom. The third-order valence-corrected chi connectivity index (χ3v) is 7.91. The van der Waals surface area contributed by atoms with E-state index in [0.717, 1.165) is 12.0 Å². The van der Waals surface area contributed by atoms with Crippen molar-refractivity contribution in [2.75, 3.05) is 5.32 Å². The van der Waals surface area contributed by atoms with Gasteiger partial charge in [-0.1, -0.05) is 48.6 Å². The Morgan fingerprint density at radius 2 is 1.65 bits per heavy atom. The molecular formula is C26H23N3O5. The fourth-order valence-corrected chi connectivity index (χ4v) is 6.35. The molecule has 2 aromatic rings. The molecule has 2 bridgehead atoms. The number of rotatable bonds is 6. The van der Waals surface area contributed by atoms with E-state index in [-0.39, 0.29) is 41.4 Å². The average molecular weight is 457 g/mol. The molecular weight excluding hydrogens is 434 g/mol. The summed E-state index contributed by atoms with van der Waals surface area (Å²) in [5, 5.41) is 13.8.